The summed E-state index contributed by atoms with van der Waals surface area (Å²) in [7, 11) is 0. The maximum Gasteiger partial charge on any atom is 0.258 e. The van der Waals surface area contributed by atoms with Gasteiger partial charge in [0.25, 0.3) is 5.91 Å². The van der Waals surface area contributed by atoms with Crippen molar-refractivity contribution >= 4 is 17.5 Å². The third kappa shape index (κ3) is 4.61. The molecule has 0 spiro atoms. The minimum atomic E-state index is -0.193. The summed E-state index contributed by atoms with van der Waals surface area (Å²) in [6, 6.07) is 15.1. The second kappa shape index (κ2) is 7.85. The molecule has 0 fully saturated rings. The summed E-state index contributed by atoms with van der Waals surface area (Å²) >= 11 is 5.90. The van der Waals surface area contributed by atoms with Crippen LogP contribution in [0.25, 0.3) is 5.69 Å². The van der Waals surface area contributed by atoms with Crippen LogP contribution in [0, 0.1) is 6.92 Å². The van der Waals surface area contributed by atoms with Crippen molar-refractivity contribution in [3.8, 4) is 11.4 Å². The Balaban J connectivity index is 1.50. The summed E-state index contributed by atoms with van der Waals surface area (Å²) in [5, 5.41) is 7.76. The minimum Gasteiger partial charge on any atom is -0.484 e. The standard InChI is InChI=1S/C19H18ClN3O2/c1-14-9-16(20)7-8-18(14)25-13-19(24)21-10-15-11-22-23(12-15)17-5-3-2-4-6-17/h2-9,11-12H,10,13H2,1H3,(H,21,24). The Morgan fingerprint density at radius 2 is 2.04 bits per heavy atom. The van der Waals surface area contributed by atoms with Gasteiger partial charge in [-0.05, 0) is 42.8 Å². The van der Waals surface area contributed by atoms with E-state index >= 15 is 0 Å². The van der Waals surface area contributed by atoms with E-state index in [-0.39, 0.29) is 12.5 Å². The molecule has 0 radical (unpaired) electrons. The van der Waals surface area contributed by atoms with Gasteiger partial charge in [0.15, 0.2) is 6.61 Å². The molecule has 5 nitrogen and oxygen atoms in total. The van der Waals surface area contributed by atoms with Gasteiger partial charge in [0.1, 0.15) is 5.75 Å². The lowest BCUT2D eigenvalue weighted by Crippen LogP contribution is -2.28. The van der Waals surface area contributed by atoms with Crippen LogP contribution in [0.4, 0.5) is 0 Å². The second-order valence-corrected chi connectivity index (χ2v) is 6.04. The lowest BCUT2D eigenvalue weighted by Gasteiger charge is -2.09. The summed E-state index contributed by atoms with van der Waals surface area (Å²) < 4.78 is 7.30. The van der Waals surface area contributed by atoms with E-state index in [4.69, 9.17) is 16.3 Å². The van der Waals surface area contributed by atoms with Crippen molar-refractivity contribution in [3.63, 3.8) is 0 Å². The average Bonchev–Trinajstić information content (AvgIpc) is 3.09. The van der Waals surface area contributed by atoms with Gasteiger partial charge in [0, 0.05) is 23.3 Å². The molecule has 3 rings (SSSR count). The molecule has 25 heavy (non-hydrogen) atoms. The summed E-state index contributed by atoms with van der Waals surface area (Å²) in [6.07, 6.45) is 3.62. The third-order valence-electron chi connectivity index (χ3n) is 3.64. The molecule has 1 N–H and O–H groups in total. The van der Waals surface area contributed by atoms with Gasteiger partial charge < -0.3 is 10.1 Å². The Morgan fingerprint density at radius 3 is 2.80 bits per heavy atom. The van der Waals surface area contributed by atoms with Crippen LogP contribution in [-0.2, 0) is 11.3 Å². The monoisotopic (exact) mass is 355 g/mol. The Hall–Kier alpha value is -2.79. The number of hydrogen-bond acceptors (Lipinski definition) is 3. The Kier molecular flexibility index (Phi) is 5.36. The zero-order valence-electron chi connectivity index (χ0n) is 13.8. The first-order valence-corrected chi connectivity index (χ1v) is 8.24. The number of nitrogens with zero attached hydrogens (tertiary/aromatic N) is 2. The zero-order chi connectivity index (χ0) is 17.6. The van der Waals surface area contributed by atoms with E-state index in [9.17, 15) is 4.79 Å². The van der Waals surface area contributed by atoms with Gasteiger partial charge in [0.05, 0.1) is 11.9 Å². The van der Waals surface area contributed by atoms with E-state index in [1.54, 1.807) is 29.1 Å². The fourth-order valence-electron chi connectivity index (χ4n) is 2.34. The molecule has 1 amide bonds. The molecular weight excluding hydrogens is 338 g/mol. The zero-order valence-corrected chi connectivity index (χ0v) is 14.5. The van der Waals surface area contributed by atoms with Crippen molar-refractivity contribution in [1.82, 2.24) is 15.1 Å². The highest BCUT2D eigenvalue weighted by molar-refractivity contribution is 6.30. The predicted molar refractivity (Wildman–Crippen MR) is 97.1 cm³/mol. The predicted octanol–water partition coefficient (Wildman–Crippen LogP) is 3.53. The van der Waals surface area contributed by atoms with Crippen LogP contribution in [0.1, 0.15) is 11.1 Å². The van der Waals surface area contributed by atoms with Crippen molar-refractivity contribution in [3.05, 3.63) is 77.1 Å². The number of rotatable bonds is 6. The summed E-state index contributed by atoms with van der Waals surface area (Å²) in [4.78, 5) is 12.0. The largest absolute Gasteiger partial charge is 0.484 e. The first-order valence-electron chi connectivity index (χ1n) is 7.86. The number of carbonyl (C=O) groups is 1. The number of nitrogens with one attached hydrogen (secondary N) is 1. The number of halogens is 1. The SMILES string of the molecule is Cc1cc(Cl)ccc1OCC(=O)NCc1cnn(-c2ccccc2)c1. The van der Waals surface area contributed by atoms with Crippen molar-refractivity contribution in [2.75, 3.05) is 6.61 Å². The first kappa shape index (κ1) is 17.0. The number of ether oxygens (including phenoxy) is 1. The fourth-order valence-corrected chi connectivity index (χ4v) is 2.57. The molecule has 1 heterocycles. The normalized spacial score (nSPS) is 10.5. The summed E-state index contributed by atoms with van der Waals surface area (Å²) in [5.41, 5.74) is 2.78. The molecule has 3 aromatic rings. The Labute approximate surface area is 151 Å². The minimum absolute atomic E-state index is 0.0463. The highest BCUT2D eigenvalue weighted by atomic mass is 35.5. The van der Waals surface area contributed by atoms with Crippen LogP contribution in [0.3, 0.4) is 0 Å². The highest BCUT2D eigenvalue weighted by Crippen LogP contribution is 2.21. The van der Waals surface area contributed by atoms with Gasteiger partial charge in [-0.25, -0.2) is 4.68 Å². The maximum atomic E-state index is 12.0. The summed E-state index contributed by atoms with van der Waals surface area (Å²) in [5.74, 6) is 0.457. The molecule has 0 aliphatic carbocycles. The van der Waals surface area contributed by atoms with Gasteiger partial charge in [-0.15, -0.1) is 0 Å². The average molecular weight is 356 g/mol. The summed E-state index contributed by atoms with van der Waals surface area (Å²) in [6.45, 7) is 2.24. The van der Waals surface area contributed by atoms with Gasteiger partial charge in [-0.3, -0.25) is 4.79 Å². The number of benzene rings is 2. The molecule has 0 saturated carbocycles. The molecule has 0 saturated heterocycles. The van der Waals surface area contributed by atoms with Crippen LogP contribution < -0.4 is 10.1 Å². The molecule has 0 atom stereocenters. The van der Waals surface area contributed by atoms with E-state index < -0.39 is 0 Å². The van der Waals surface area contributed by atoms with Crippen LogP contribution in [0.5, 0.6) is 5.75 Å². The molecule has 2 aromatic carbocycles. The topological polar surface area (TPSA) is 56.1 Å². The van der Waals surface area contributed by atoms with Gasteiger partial charge in [-0.1, -0.05) is 29.8 Å². The van der Waals surface area contributed by atoms with E-state index in [1.165, 1.54) is 0 Å². The molecule has 0 aliphatic heterocycles. The number of aromatic nitrogens is 2. The molecular formula is C19H18ClN3O2. The van der Waals surface area contributed by atoms with Crippen molar-refractivity contribution < 1.29 is 9.53 Å². The van der Waals surface area contributed by atoms with Crippen LogP contribution in [-0.4, -0.2) is 22.3 Å². The molecule has 0 unspecified atom stereocenters. The van der Waals surface area contributed by atoms with E-state index in [1.807, 2.05) is 43.5 Å². The number of carbonyl (C=O) groups excluding carboxylic acids is 1. The first-order chi connectivity index (χ1) is 12.1. The smallest absolute Gasteiger partial charge is 0.258 e. The van der Waals surface area contributed by atoms with Crippen molar-refractivity contribution in [2.45, 2.75) is 13.5 Å². The quantitative estimate of drug-likeness (QED) is 0.736. The van der Waals surface area contributed by atoms with Crippen LogP contribution >= 0.6 is 11.6 Å². The van der Waals surface area contributed by atoms with Crippen LogP contribution in [0.2, 0.25) is 5.02 Å². The number of amides is 1. The number of aryl methyl sites for hydroxylation is 1. The van der Waals surface area contributed by atoms with Crippen LogP contribution in [0.15, 0.2) is 60.9 Å². The number of para-hydroxylation sites is 1. The van der Waals surface area contributed by atoms with E-state index in [0.29, 0.717) is 17.3 Å². The second-order valence-electron chi connectivity index (χ2n) is 5.60. The molecule has 0 aliphatic rings. The molecule has 1 aromatic heterocycles. The number of hydrogen-bond donors (Lipinski definition) is 1. The van der Waals surface area contributed by atoms with Crippen molar-refractivity contribution in [1.29, 1.82) is 0 Å². The highest BCUT2D eigenvalue weighted by Gasteiger charge is 2.07. The van der Waals surface area contributed by atoms with E-state index in [2.05, 4.69) is 10.4 Å². The fraction of sp³-hybridized carbons (Fsp3) is 0.158. The Bertz CT molecular complexity index is 862. The van der Waals surface area contributed by atoms with Crippen molar-refractivity contribution in [2.24, 2.45) is 0 Å². The van der Waals surface area contributed by atoms with Gasteiger partial charge in [-0.2, -0.15) is 5.10 Å². The van der Waals surface area contributed by atoms with Gasteiger partial charge in [0.2, 0.25) is 0 Å². The third-order valence-corrected chi connectivity index (χ3v) is 3.88. The maximum absolute atomic E-state index is 12.0. The lowest BCUT2D eigenvalue weighted by atomic mass is 10.2. The Morgan fingerprint density at radius 1 is 1.24 bits per heavy atom. The molecule has 0 bridgehead atoms. The molecule has 128 valence electrons. The molecule has 6 heteroatoms. The van der Waals surface area contributed by atoms with Gasteiger partial charge >= 0.3 is 0 Å². The van der Waals surface area contributed by atoms with E-state index in [0.717, 1.165) is 16.8 Å². The lowest BCUT2D eigenvalue weighted by molar-refractivity contribution is -0.123.